The average molecular weight is 279 g/mol. The van der Waals surface area contributed by atoms with E-state index in [-0.39, 0.29) is 5.91 Å². The number of carbonyl (C=O) groups excluding carboxylic acids is 1. The fourth-order valence-electron chi connectivity index (χ4n) is 2.19. The lowest BCUT2D eigenvalue weighted by Gasteiger charge is -2.05. The Hall–Kier alpha value is -1.05. The number of hydrogen-bond acceptors (Lipinski definition) is 1. The van der Waals surface area contributed by atoms with Crippen LogP contribution in [0.5, 0.6) is 0 Å². The van der Waals surface area contributed by atoms with Gasteiger partial charge in [-0.05, 0) is 38.5 Å². The van der Waals surface area contributed by atoms with E-state index >= 15 is 0 Å². The molecule has 0 aromatic heterocycles. The largest absolute Gasteiger partial charge is 0.356 e. The van der Waals surface area contributed by atoms with Crippen LogP contribution in [-0.2, 0) is 4.79 Å². The molecule has 0 spiro atoms. The minimum Gasteiger partial charge on any atom is -0.356 e. The van der Waals surface area contributed by atoms with Crippen LogP contribution in [0.25, 0.3) is 0 Å². The molecule has 1 N–H and O–H groups in total. The Morgan fingerprint density at radius 2 is 1.25 bits per heavy atom. The lowest BCUT2D eigenvalue weighted by atomic mass is 10.1. The number of hydrogen-bond donors (Lipinski definition) is 1. The fraction of sp³-hybridized carbons (Fsp3) is 0.722. The van der Waals surface area contributed by atoms with Gasteiger partial charge in [-0.3, -0.25) is 4.79 Å². The third kappa shape index (κ3) is 15.0. The summed E-state index contributed by atoms with van der Waals surface area (Å²) in [5.74, 6) is 0.223. The molecule has 0 aromatic carbocycles. The highest BCUT2D eigenvalue weighted by molar-refractivity contribution is 5.75. The van der Waals surface area contributed by atoms with Crippen LogP contribution in [0, 0.1) is 0 Å². The molecule has 0 rings (SSSR count). The molecule has 0 aromatic rings. The molecule has 0 heterocycles. The number of carbonyl (C=O) groups is 1. The number of rotatable bonds is 15. The summed E-state index contributed by atoms with van der Waals surface area (Å²) in [4.78, 5) is 11.6. The van der Waals surface area contributed by atoms with E-state index in [0.29, 0.717) is 6.42 Å². The van der Waals surface area contributed by atoms with Crippen LogP contribution in [0.1, 0.15) is 77.0 Å². The summed E-state index contributed by atoms with van der Waals surface area (Å²) < 4.78 is 0. The number of unbranched alkanes of at least 4 members (excludes halogenated alkanes) is 9. The molecule has 2 heteroatoms. The van der Waals surface area contributed by atoms with Gasteiger partial charge in [-0.1, -0.05) is 44.3 Å². The Bertz CT molecular complexity index is 248. The topological polar surface area (TPSA) is 29.1 Å². The average Bonchev–Trinajstić information content (AvgIpc) is 2.45. The zero-order valence-corrected chi connectivity index (χ0v) is 13.2. The first-order valence-electron chi connectivity index (χ1n) is 8.29. The molecule has 0 aliphatic heterocycles. The second-order valence-electron chi connectivity index (χ2n) is 5.44. The van der Waals surface area contributed by atoms with Crippen molar-refractivity contribution >= 4 is 5.91 Å². The van der Waals surface area contributed by atoms with Gasteiger partial charge in [0, 0.05) is 13.0 Å². The van der Waals surface area contributed by atoms with Gasteiger partial charge in [0.05, 0.1) is 0 Å². The van der Waals surface area contributed by atoms with E-state index in [1.807, 2.05) is 12.2 Å². The molecule has 0 atom stereocenters. The Kier molecular flexibility index (Phi) is 15.2. The second kappa shape index (κ2) is 16.0. The molecule has 116 valence electrons. The summed E-state index contributed by atoms with van der Waals surface area (Å²) in [6.45, 7) is 8.27. The summed E-state index contributed by atoms with van der Waals surface area (Å²) in [7, 11) is 0. The van der Waals surface area contributed by atoms with Crippen LogP contribution in [0.15, 0.2) is 25.3 Å². The fourth-order valence-corrected chi connectivity index (χ4v) is 2.19. The standard InChI is InChI=1S/C18H33NO/c1-3-5-7-9-11-13-15-17-19-18(20)16-14-12-10-8-6-4-2/h3-4H,1-2,5-17H2,(H,19,20). The minimum absolute atomic E-state index is 0.223. The Morgan fingerprint density at radius 1 is 0.750 bits per heavy atom. The number of allylic oxidation sites excluding steroid dienone is 2. The lowest BCUT2D eigenvalue weighted by Crippen LogP contribution is -2.23. The van der Waals surface area contributed by atoms with E-state index in [0.717, 1.165) is 38.6 Å². The van der Waals surface area contributed by atoms with Crippen LogP contribution in [-0.4, -0.2) is 12.5 Å². The first-order chi connectivity index (χ1) is 9.81. The number of amides is 1. The highest BCUT2D eigenvalue weighted by atomic mass is 16.1. The summed E-state index contributed by atoms with van der Waals surface area (Å²) in [6.07, 6.45) is 17.6. The van der Waals surface area contributed by atoms with Gasteiger partial charge in [0.2, 0.25) is 5.91 Å². The monoisotopic (exact) mass is 279 g/mol. The van der Waals surface area contributed by atoms with Crippen LogP contribution in [0.4, 0.5) is 0 Å². The first-order valence-corrected chi connectivity index (χ1v) is 8.29. The van der Waals surface area contributed by atoms with Gasteiger partial charge >= 0.3 is 0 Å². The van der Waals surface area contributed by atoms with Gasteiger partial charge in [0.15, 0.2) is 0 Å². The molecule has 0 saturated carbocycles. The molecule has 0 fully saturated rings. The molecule has 0 radical (unpaired) electrons. The zero-order chi connectivity index (χ0) is 14.9. The minimum atomic E-state index is 0.223. The van der Waals surface area contributed by atoms with Crippen molar-refractivity contribution in [3.05, 3.63) is 25.3 Å². The molecule has 0 bridgehead atoms. The Morgan fingerprint density at radius 3 is 1.85 bits per heavy atom. The Labute approximate surface area is 125 Å². The van der Waals surface area contributed by atoms with Crippen molar-refractivity contribution in [1.82, 2.24) is 5.32 Å². The summed E-state index contributed by atoms with van der Waals surface area (Å²) in [6, 6.07) is 0. The summed E-state index contributed by atoms with van der Waals surface area (Å²) in [5, 5.41) is 3.02. The van der Waals surface area contributed by atoms with Gasteiger partial charge in [-0.2, -0.15) is 0 Å². The quantitative estimate of drug-likeness (QED) is 0.326. The smallest absolute Gasteiger partial charge is 0.219 e. The third-order valence-electron chi connectivity index (χ3n) is 3.47. The van der Waals surface area contributed by atoms with Crippen LogP contribution < -0.4 is 5.32 Å². The van der Waals surface area contributed by atoms with E-state index in [4.69, 9.17) is 0 Å². The maximum atomic E-state index is 11.6. The van der Waals surface area contributed by atoms with Gasteiger partial charge in [0.25, 0.3) is 0 Å². The molecule has 0 aliphatic rings. The van der Waals surface area contributed by atoms with Gasteiger partial charge in [0.1, 0.15) is 0 Å². The molecule has 1 amide bonds. The van der Waals surface area contributed by atoms with E-state index in [1.165, 1.54) is 38.5 Å². The van der Waals surface area contributed by atoms with Gasteiger partial charge in [-0.25, -0.2) is 0 Å². The molecule has 0 saturated heterocycles. The maximum absolute atomic E-state index is 11.6. The SMILES string of the molecule is C=CCCCCCCCNC(=O)CCCCCCC=C. The highest BCUT2D eigenvalue weighted by Gasteiger charge is 2.00. The van der Waals surface area contributed by atoms with Crippen molar-refractivity contribution in [3.63, 3.8) is 0 Å². The van der Waals surface area contributed by atoms with Crippen molar-refractivity contribution in [1.29, 1.82) is 0 Å². The van der Waals surface area contributed by atoms with Crippen LogP contribution in [0.3, 0.4) is 0 Å². The molecule has 0 aliphatic carbocycles. The van der Waals surface area contributed by atoms with Crippen molar-refractivity contribution in [2.45, 2.75) is 77.0 Å². The van der Waals surface area contributed by atoms with E-state index in [1.54, 1.807) is 0 Å². The van der Waals surface area contributed by atoms with Crippen molar-refractivity contribution in [2.75, 3.05) is 6.54 Å². The van der Waals surface area contributed by atoms with Crippen molar-refractivity contribution in [3.8, 4) is 0 Å². The molecular formula is C18H33NO. The molecule has 2 nitrogen and oxygen atoms in total. The van der Waals surface area contributed by atoms with Crippen molar-refractivity contribution in [2.24, 2.45) is 0 Å². The third-order valence-corrected chi connectivity index (χ3v) is 3.47. The summed E-state index contributed by atoms with van der Waals surface area (Å²) >= 11 is 0. The maximum Gasteiger partial charge on any atom is 0.219 e. The van der Waals surface area contributed by atoms with E-state index in [9.17, 15) is 4.79 Å². The zero-order valence-electron chi connectivity index (χ0n) is 13.2. The van der Waals surface area contributed by atoms with Crippen LogP contribution >= 0.6 is 0 Å². The van der Waals surface area contributed by atoms with Gasteiger partial charge < -0.3 is 5.32 Å². The normalized spacial score (nSPS) is 10.2. The predicted octanol–water partition coefficient (Wildman–Crippen LogP) is 5.16. The van der Waals surface area contributed by atoms with E-state index in [2.05, 4.69) is 18.5 Å². The second-order valence-corrected chi connectivity index (χ2v) is 5.44. The molecule has 20 heavy (non-hydrogen) atoms. The predicted molar refractivity (Wildman–Crippen MR) is 88.8 cm³/mol. The summed E-state index contributed by atoms with van der Waals surface area (Å²) in [5.41, 5.74) is 0. The first kappa shape index (κ1) is 18.9. The molecular weight excluding hydrogens is 246 g/mol. The number of nitrogens with one attached hydrogen (secondary N) is 1. The Balaban J connectivity index is 3.16. The van der Waals surface area contributed by atoms with Crippen LogP contribution in [0.2, 0.25) is 0 Å². The highest BCUT2D eigenvalue weighted by Crippen LogP contribution is 2.06. The van der Waals surface area contributed by atoms with Gasteiger partial charge in [-0.15, -0.1) is 13.2 Å². The lowest BCUT2D eigenvalue weighted by molar-refractivity contribution is -0.121. The van der Waals surface area contributed by atoms with E-state index < -0.39 is 0 Å². The molecule has 0 unspecified atom stereocenters. The van der Waals surface area contributed by atoms with Crippen molar-refractivity contribution < 1.29 is 4.79 Å².